The lowest BCUT2D eigenvalue weighted by Gasteiger charge is -2.04. The molecule has 1 amide bonds. The number of pyridine rings is 1. The molecule has 0 saturated carbocycles. The zero-order chi connectivity index (χ0) is 13.0. The number of nitrogens with one attached hydrogen (secondary N) is 1. The Morgan fingerprint density at radius 2 is 1.94 bits per heavy atom. The Labute approximate surface area is 118 Å². The lowest BCUT2D eigenvalue weighted by Crippen LogP contribution is -2.13. The van der Waals surface area contributed by atoms with Crippen LogP contribution in [0.1, 0.15) is 16.2 Å². The first-order valence-corrected chi connectivity index (χ1v) is 6.21. The van der Waals surface area contributed by atoms with Gasteiger partial charge in [-0.25, -0.2) is 4.98 Å². The number of benzene rings is 1. The van der Waals surface area contributed by atoms with Gasteiger partial charge in [-0.05, 0) is 59.0 Å². The van der Waals surface area contributed by atoms with Crippen molar-refractivity contribution in [2.75, 3.05) is 5.32 Å². The zero-order valence-corrected chi connectivity index (χ0v) is 11.4. The number of anilines is 1. The molecule has 0 spiro atoms. The molecule has 88 valence electrons. The minimum Gasteiger partial charge on any atom is -0.321 e. The predicted octanol–water partition coefficient (Wildman–Crippen LogP) is 2.81. The van der Waals surface area contributed by atoms with Gasteiger partial charge in [-0.15, -0.1) is 0 Å². The molecule has 0 saturated heterocycles. The van der Waals surface area contributed by atoms with Crippen LogP contribution in [-0.4, -0.2) is 10.9 Å². The quantitative estimate of drug-likeness (QED) is 0.848. The second kappa shape index (κ2) is 5.60. The molecule has 1 aromatic carbocycles. The fourth-order valence-corrected chi connectivity index (χ4v) is 1.71. The molecule has 0 bridgehead atoms. The SMILES string of the molecule is N#Cc1cccc(C(=O)Nc2ccc(I)cc2)n1. The molecule has 1 aromatic heterocycles. The lowest BCUT2D eigenvalue weighted by molar-refractivity contribution is 0.102. The third kappa shape index (κ3) is 3.05. The molecule has 1 N–H and O–H groups in total. The molecule has 2 aromatic rings. The highest BCUT2D eigenvalue weighted by Crippen LogP contribution is 2.12. The molecular weight excluding hydrogens is 341 g/mol. The van der Waals surface area contributed by atoms with E-state index in [2.05, 4.69) is 32.9 Å². The summed E-state index contributed by atoms with van der Waals surface area (Å²) in [6, 6.07) is 14.1. The van der Waals surface area contributed by atoms with E-state index in [1.54, 1.807) is 18.2 Å². The molecule has 0 unspecified atom stereocenters. The smallest absolute Gasteiger partial charge is 0.274 e. The largest absolute Gasteiger partial charge is 0.321 e. The van der Waals surface area contributed by atoms with Gasteiger partial charge < -0.3 is 5.32 Å². The highest BCUT2D eigenvalue weighted by atomic mass is 127. The zero-order valence-electron chi connectivity index (χ0n) is 9.22. The van der Waals surface area contributed by atoms with Crippen LogP contribution in [0, 0.1) is 14.9 Å². The summed E-state index contributed by atoms with van der Waals surface area (Å²) in [6.07, 6.45) is 0. The Bertz CT molecular complexity index is 617. The average Bonchev–Trinajstić information content (AvgIpc) is 2.41. The topological polar surface area (TPSA) is 65.8 Å². The van der Waals surface area contributed by atoms with Crippen molar-refractivity contribution in [3.8, 4) is 6.07 Å². The summed E-state index contributed by atoms with van der Waals surface area (Å²) in [5.41, 5.74) is 1.16. The fourth-order valence-electron chi connectivity index (χ4n) is 1.35. The highest BCUT2D eigenvalue weighted by molar-refractivity contribution is 14.1. The van der Waals surface area contributed by atoms with Gasteiger partial charge >= 0.3 is 0 Å². The number of halogens is 1. The molecule has 1 heterocycles. The molecular formula is C13H8IN3O. The van der Waals surface area contributed by atoms with Gasteiger partial charge in [0.1, 0.15) is 17.5 Å². The molecule has 5 heteroatoms. The van der Waals surface area contributed by atoms with E-state index in [4.69, 9.17) is 5.26 Å². The van der Waals surface area contributed by atoms with Crippen LogP contribution in [0.5, 0.6) is 0 Å². The summed E-state index contributed by atoms with van der Waals surface area (Å²) in [5, 5.41) is 11.4. The number of nitrogens with zero attached hydrogens (tertiary/aromatic N) is 2. The first-order valence-electron chi connectivity index (χ1n) is 5.13. The van der Waals surface area contributed by atoms with Crippen LogP contribution in [0.2, 0.25) is 0 Å². The maximum Gasteiger partial charge on any atom is 0.274 e. The van der Waals surface area contributed by atoms with Crippen LogP contribution in [0.3, 0.4) is 0 Å². The molecule has 0 aliphatic rings. The number of amides is 1. The number of aromatic nitrogens is 1. The Morgan fingerprint density at radius 1 is 1.22 bits per heavy atom. The Hall–Kier alpha value is -1.94. The van der Waals surface area contributed by atoms with E-state index >= 15 is 0 Å². The maximum absolute atomic E-state index is 11.9. The minimum atomic E-state index is -0.326. The van der Waals surface area contributed by atoms with Crippen molar-refractivity contribution in [1.29, 1.82) is 5.26 Å². The average molecular weight is 349 g/mol. The molecule has 0 atom stereocenters. The van der Waals surface area contributed by atoms with Gasteiger partial charge in [0.2, 0.25) is 0 Å². The molecule has 18 heavy (non-hydrogen) atoms. The van der Waals surface area contributed by atoms with Crippen molar-refractivity contribution in [3.63, 3.8) is 0 Å². The number of rotatable bonds is 2. The van der Waals surface area contributed by atoms with E-state index in [0.717, 1.165) is 3.57 Å². The van der Waals surface area contributed by atoms with E-state index in [9.17, 15) is 4.79 Å². The number of hydrogen-bond acceptors (Lipinski definition) is 3. The highest BCUT2D eigenvalue weighted by Gasteiger charge is 2.08. The van der Waals surface area contributed by atoms with E-state index in [-0.39, 0.29) is 17.3 Å². The van der Waals surface area contributed by atoms with Crippen LogP contribution in [0.25, 0.3) is 0 Å². The normalized spacial score (nSPS) is 9.56. The second-order valence-electron chi connectivity index (χ2n) is 3.48. The monoisotopic (exact) mass is 349 g/mol. The number of carbonyl (C=O) groups is 1. The van der Waals surface area contributed by atoms with Crippen molar-refractivity contribution in [2.45, 2.75) is 0 Å². The van der Waals surface area contributed by atoms with Gasteiger partial charge in [0.05, 0.1) is 0 Å². The van der Waals surface area contributed by atoms with Gasteiger partial charge in [0.25, 0.3) is 5.91 Å². The number of hydrogen-bond donors (Lipinski definition) is 1. The number of carbonyl (C=O) groups excluding carboxylic acids is 1. The Balaban J connectivity index is 2.17. The Kier molecular flexibility index (Phi) is 3.89. The van der Waals surface area contributed by atoms with Crippen molar-refractivity contribution >= 4 is 34.2 Å². The van der Waals surface area contributed by atoms with Crippen molar-refractivity contribution in [1.82, 2.24) is 4.98 Å². The molecule has 4 nitrogen and oxygen atoms in total. The third-order valence-corrected chi connectivity index (χ3v) is 2.92. The van der Waals surface area contributed by atoms with Crippen molar-refractivity contribution in [2.24, 2.45) is 0 Å². The van der Waals surface area contributed by atoms with Crippen LogP contribution >= 0.6 is 22.6 Å². The third-order valence-electron chi connectivity index (χ3n) is 2.20. The predicted molar refractivity (Wildman–Crippen MR) is 76.1 cm³/mol. The second-order valence-corrected chi connectivity index (χ2v) is 4.73. The summed E-state index contributed by atoms with van der Waals surface area (Å²) in [4.78, 5) is 15.8. The van der Waals surface area contributed by atoms with Crippen molar-refractivity contribution < 1.29 is 4.79 Å². The summed E-state index contributed by atoms with van der Waals surface area (Å²) in [6.45, 7) is 0. The molecule has 2 rings (SSSR count). The summed E-state index contributed by atoms with van der Waals surface area (Å²) >= 11 is 2.19. The fraction of sp³-hybridized carbons (Fsp3) is 0. The first-order chi connectivity index (χ1) is 8.69. The van der Waals surface area contributed by atoms with E-state index < -0.39 is 0 Å². The maximum atomic E-state index is 11.9. The molecule has 0 fully saturated rings. The van der Waals surface area contributed by atoms with E-state index in [1.807, 2.05) is 30.3 Å². The first kappa shape index (κ1) is 12.5. The van der Waals surface area contributed by atoms with E-state index in [0.29, 0.717) is 5.69 Å². The number of nitriles is 1. The van der Waals surface area contributed by atoms with Gasteiger partial charge in [0, 0.05) is 9.26 Å². The molecule has 0 aliphatic carbocycles. The molecule has 0 radical (unpaired) electrons. The van der Waals surface area contributed by atoms with Gasteiger partial charge in [-0.1, -0.05) is 6.07 Å². The molecule has 0 aliphatic heterocycles. The van der Waals surface area contributed by atoms with Crippen LogP contribution in [0.15, 0.2) is 42.5 Å². The van der Waals surface area contributed by atoms with Crippen LogP contribution in [0.4, 0.5) is 5.69 Å². The lowest BCUT2D eigenvalue weighted by atomic mass is 10.2. The van der Waals surface area contributed by atoms with Gasteiger partial charge in [-0.3, -0.25) is 4.79 Å². The van der Waals surface area contributed by atoms with Gasteiger partial charge in [-0.2, -0.15) is 5.26 Å². The van der Waals surface area contributed by atoms with Crippen LogP contribution < -0.4 is 5.32 Å². The van der Waals surface area contributed by atoms with Gasteiger partial charge in [0.15, 0.2) is 0 Å². The van der Waals surface area contributed by atoms with Crippen molar-refractivity contribution in [3.05, 3.63) is 57.4 Å². The Morgan fingerprint density at radius 3 is 2.61 bits per heavy atom. The van der Waals surface area contributed by atoms with E-state index in [1.165, 1.54) is 0 Å². The minimum absolute atomic E-state index is 0.227. The summed E-state index contributed by atoms with van der Waals surface area (Å²) in [7, 11) is 0. The summed E-state index contributed by atoms with van der Waals surface area (Å²) in [5.74, 6) is -0.326. The van der Waals surface area contributed by atoms with Crippen LogP contribution in [-0.2, 0) is 0 Å². The summed E-state index contributed by atoms with van der Waals surface area (Å²) < 4.78 is 1.09. The standard InChI is InChI=1S/C13H8IN3O/c14-9-4-6-10(7-5-9)17-13(18)12-3-1-2-11(8-15)16-12/h1-7H,(H,17,18).